The molecular formula is C11H14N6. The third kappa shape index (κ3) is 3.30. The molecule has 5 N–H and O–H groups in total. The molecule has 0 unspecified atom stereocenters. The summed E-state index contributed by atoms with van der Waals surface area (Å²) < 4.78 is 0. The third-order valence-electron chi connectivity index (χ3n) is 2.21. The quantitative estimate of drug-likeness (QED) is 0.714. The SMILES string of the molecule is Nc1cc(NCCc2cccnc2)nc(N)n1. The van der Waals surface area contributed by atoms with E-state index in [0.29, 0.717) is 11.6 Å². The Morgan fingerprint density at radius 3 is 2.82 bits per heavy atom. The first-order chi connectivity index (χ1) is 8.24. The number of nitrogens with one attached hydrogen (secondary N) is 1. The van der Waals surface area contributed by atoms with Crippen molar-refractivity contribution < 1.29 is 0 Å². The van der Waals surface area contributed by atoms with E-state index in [1.54, 1.807) is 12.3 Å². The number of anilines is 3. The lowest BCUT2D eigenvalue weighted by atomic mass is 10.2. The fourth-order valence-electron chi connectivity index (χ4n) is 1.46. The van der Waals surface area contributed by atoms with Gasteiger partial charge in [-0.2, -0.15) is 9.97 Å². The maximum atomic E-state index is 5.56. The molecule has 0 aliphatic carbocycles. The number of nitrogen functional groups attached to an aromatic ring is 2. The van der Waals surface area contributed by atoms with E-state index in [9.17, 15) is 0 Å². The fraction of sp³-hybridized carbons (Fsp3) is 0.182. The van der Waals surface area contributed by atoms with E-state index in [4.69, 9.17) is 11.5 Å². The predicted molar refractivity (Wildman–Crippen MR) is 67.3 cm³/mol. The molecule has 0 aliphatic rings. The Balaban J connectivity index is 1.90. The van der Waals surface area contributed by atoms with E-state index in [-0.39, 0.29) is 5.95 Å². The Hall–Kier alpha value is -2.37. The number of hydrogen-bond donors (Lipinski definition) is 3. The van der Waals surface area contributed by atoms with Gasteiger partial charge < -0.3 is 16.8 Å². The molecule has 0 atom stereocenters. The molecule has 0 amide bonds. The highest BCUT2D eigenvalue weighted by molar-refractivity contribution is 5.48. The summed E-state index contributed by atoms with van der Waals surface area (Å²) in [6, 6.07) is 5.59. The van der Waals surface area contributed by atoms with Gasteiger partial charge in [0.25, 0.3) is 0 Å². The van der Waals surface area contributed by atoms with Gasteiger partial charge in [-0.15, -0.1) is 0 Å². The molecule has 0 saturated heterocycles. The second-order valence-electron chi connectivity index (χ2n) is 3.57. The Labute approximate surface area is 99.1 Å². The van der Waals surface area contributed by atoms with Crippen molar-refractivity contribution in [3.8, 4) is 0 Å². The molecule has 0 bridgehead atoms. The van der Waals surface area contributed by atoms with Crippen LogP contribution in [0.1, 0.15) is 5.56 Å². The zero-order valence-corrected chi connectivity index (χ0v) is 9.30. The van der Waals surface area contributed by atoms with Crippen LogP contribution in [-0.2, 0) is 6.42 Å². The lowest BCUT2D eigenvalue weighted by Gasteiger charge is -2.06. The second-order valence-corrected chi connectivity index (χ2v) is 3.57. The summed E-state index contributed by atoms with van der Waals surface area (Å²) in [5.74, 6) is 1.18. The summed E-state index contributed by atoms with van der Waals surface area (Å²) in [5.41, 5.74) is 12.2. The van der Waals surface area contributed by atoms with E-state index in [0.717, 1.165) is 18.5 Å². The van der Waals surface area contributed by atoms with Crippen LogP contribution in [0.4, 0.5) is 17.6 Å². The molecule has 17 heavy (non-hydrogen) atoms. The fourth-order valence-corrected chi connectivity index (χ4v) is 1.46. The number of aromatic nitrogens is 3. The van der Waals surface area contributed by atoms with Crippen LogP contribution in [0, 0.1) is 0 Å². The van der Waals surface area contributed by atoms with Crippen molar-refractivity contribution >= 4 is 17.6 Å². The van der Waals surface area contributed by atoms with E-state index < -0.39 is 0 Å². The molecule has 0 fully saturated rings. The highest BCUT2D eigenvalue weighted by atomic mass is 15.1. The first-order valence-electron chi connectivity index (χ1n) is 5.27. The lowest BCUT2D eigenvalue weighted by molar-refractivity contribution is 0.991. The van der Waals surface area contributed by atoms with Crippen LogP contribution in [0.15, 0.2) is 30.6 Å². The number of hydrogen-bond acceptors (Lipinski definition) is 6. The minimum atomic E-state index is 0.175. The topological polar surface area (TPSA) is 103 Å². The molecule has 88 valence electrons. The molecule has 2 rings (SSSR count). The molecule has 2 aromatic heterocycles. The standard InChI is InChI=1S/C11H14N6/c12-9-6-10(17-11(13)16-9)15-5-3-8-2-1-4-14-7-8/h1-2,4,6-7H,3,5H2,(H5,12,13,15,16,17). The summed E-state index contributed by atoms with van der Waals surface area (Å²) in [6.45, 7) is 0.738. The summed E-state index contributed by atoms with van der Waals surface area (Å²) in [4.78, 5) is 11.9. The molecule has 6 heteroatoms. The maximum Gasteiger partial charge on any atom is 0.223 e. The van der Waals surface area contributed by atoms with E-state index in [1.807, 2.05) is 18.3 Å². The van der Waals surface area contributed by atoms with Crippen LogP contribution in [0.5, 0.6) is 0 Å². The summed E-state index contributed by atoms with van der Waals surface area (Å²) >= 11 is 0. The lowest BCUT2D eigenvalue weighted by Crippen LogP contribution is -2.09. The predicted octanol–water partition coefficient (Wildman–Crippen LogP) is 0.691. The van der Waals surface area contributed by atoms with Crippen molar-refractivity contribution in [1.82, 2.24) is 15.0 Å². The van der Waals surface area contributed by atoms with Crippen LogP contribution < -0.4 is 16.8 Å². The van der Waals surface area contributed by atoms with Crippen molar-refractivity contribution in [2.45, 2.75) is 6.42 Å². The van der Waals surface area contributed by atoms with Gasteiger partial charge in [-0.25, -0.2) is 0 Å². The molecule has 2 aromatic rings. The number of nitrogens with zero attached hydrogens (tertiary/aromatic N) is 3. The molecule has 0 radical (unpaired) electrons. The van der Waals surface area contributed by atoms with Gasteiger partial charge in [0.1, 0.15) is 11.6 Å². The minimum absolute atomic E-state index is 0.175. The average molecular weight is 230 g/mol. The van der Waals surface area contributed by atoms with Crippen molar-refractivity contribution in [2.24, 2.45) is 0 Å². The third-order valence-corrected chi connectivity index (χ3v) is 2.21. The van der Waals surface area contributed by atoms with Gasteiger partial charge in [-0.3, -0.25) is 4.98 Å². The summed E-state index contributed by atoms with van der Waals surface area (Å²) in [7, 11) is 0. The summed E-state index contributed by atoms with van der Waals surface area (Å²) in [5, 5.41) is 3.14. The largest absolute Gasteiger partial charge is 0.383 e. The van der Waals surface area contributed by atoms with Gasteiger partial charge in [-0.05, 0) is 18.1 Å². The first kappa shape index (κ1) is 11.1. The number of rotatable bonds is 4. The van der Waals surface area contributed by atoms with Crippen LogP contribution in [0.25, 0.3) is 0 Å². The van der Waals surface area contributed by atoms with Gasteiger partial charge in [0, 0.05) is 25.0 Å². The molecular weight excluding hydrogens is 216 g/mol. The van der Waals surface area contributed by atoms with E-state index in [2.05, 4.69) is 20.3 Å². The average Bonchev–Trinajstić information content (AvgIpc) is 2.29. The van der Waals surface area contributed by atoms with Crippen molar-refractivity contribution in [3.63, 3.8) is 0 Å². The monoisotopic (exact) mass is 230 g/mol. The number of nitrogens with two attached hydrogens (primary N) is 2. The van der Waals surface area contributed by atoms with Gasteiger partial charge in [0.2, 0.25) is 5.95 Å². The zero-order valence-electron chi connectivity index (χ0n) is 9.30. The minimum Gasteiger partial charge on any atom is -0.383 e. The van der Waals surface area contributed by atoms with Crippen molar-refractivity contribution in [1.29, 1.82) is 0 Å². The molecule has 2 heterocycles. The van der Waals surface area contributed by atoms with Crippen LogP contribution in [0.2, 0.25) is 0 Å². The highest BCUT2D eigenvalue weighted by Crippen LogP contribution is 2.09. The zero-order chi connectivity index (χ0) is 12.1. The van der Waals surface area contributed by atoms with E-state index >= 15 is 0 Å². The normalized spacial score (nSPS) is 10.1. The molecule has 6 nitrogen and oxygen atoms in total. The van der Waals surface area contributed by atoms with Gasteiger partial charge in [0.15, 0.2) is 0 Å². The Morgan fingerprint density at radius 2 is 2.12 bits per heavy atom. The van der Waals surface area contributed by atoms with Gasteiger partial charge >= 0.3 is 0 Å². The van der Waals surface area contributed by atoms with Gasteiger partial charge in [0.05, 0.1) is 0 Å². The molecule has 0 aromatic carbocycles. The first-order valence-corrected chi connectivity index (χ1v) is 5.27. The maximum absolute atomic E-state index is 5.56. The van der Waals surface area contributed by atoms with Crippen molar-refractivity contribution in [3.05, 3.63) is 36.2 Å². The molecule has 0 aliphatic heterocycles. The summed E-state index contributed by atoms with van der Waals surface area (Å²) in [6.07, 6.45) is 4.45. The molecule has 0 spiro atoms. The Morgan fingerprint density at radius 1 is 1.24 bits per heavy atom. The van der Waals surface area contributed by atoms with E-state index in [1.165, 1.54) is 0 Å². The Kier molecular flexibility index (Phi) is 3.34. The second kappa shape index (κ2) is 5.11. The van der Waals surface area contributed by atoms with Crippen LogP contribution >= 0.6 is 0 Å². The molecule has 0 saturated carbocycles. The smallest absolute Gasteiger partial charge is 0.223 e. The van der Waals surface area contributed by atoms with Crippen molar-refractivity contribution in [2.75, 3.05) is 23.3 Å². The van der Waals surface area contributed by atoms with Crippen LogP contribution in [0.3, 0.4) is 0 Å². The van der Waals surface area contributed by atoms with Gasteiger partial charge in [-0.1, -0.05) is 6.07 Å². The Bertz CT molecular complexity index is 464. The highest BCUT2D eigenvalue weighted by Gasteiger charge is 1.99. The van der Waals surface area contributed by atoms with Crippen LogP contribution in [-0.4, -0.2) is 21.5 Å². The number of pyridine rings is 1.